The summed E-state index contributed by atoms with van der Waals surface area (Å²) in [5.41, 5.74) is 3.46. The lowest BCUT2D eigenvalue weighted by Gasteiger charge is -2.26. The normalized spacial score (nSPS) is 16.8. The number of carbonyl (C=O) groups is 1. The molecule has 1 aliphatic heterocycles. The van der Waals surface area contributed by atoms with E-state index in [0.29, 0.717) is 12.2 Å². The highest BCUT2D eigenvalue weighted by Gasteiger charge is 2.21. The second kappa shape index (κ2) is 5.18. The Morgan fingerprint density at radius 2 is 2.18 bits per heavy atom. The van der Waals surface area contributed by atoms with E-state index in [-0.39, 0.29) is 11.9 Å². The second-order valence-electron chi connectivity index (χ2n) is 5.43. The predicted octanol–water partition coefficient (Wildman–Crippen LogP) is 2.30. The van der Waals surface area contributed by atoms with Gasteiger partial charge >= 0.3 is 0 Å². The smallest absolute Gasteiger partial charge is 0.251 e. The van der Waals surface area contributed by atoms with Gasteiger partial charge in [0, 0.05) is 5.56 Å². The number of amides is 1. The molecule has 2 N–H and O–H groups in total. The fourth-order valence-corrected chi connectivity index (χ4v) is 2.77. The first-order valence-corrected chi connectivity index (χ1v) is 7.24. The highest BCUT2D eigenvalue weighted by atomic mass is 16.5. The van der Waals surface area contributed by atoms with Crippen LogP contribution in [0.2, 0.25) is 0 Å². The van der Waals surface area contributed by atoms with E-state index in [1.165, 1.54) is 0 Å². The van der Waals surface area contributed by atoms with Crippen LogP contribution in [0.4, 0.5) is 0 Å². The molecule has 1 aliphatic rings. The average Bonchev–Trinajstić information content (AvgIpc) is 3.02. The van der Waals surface area contributed by atoms with Crippen molar-refractivity contribution in [1.29, 1.82) is 0 Å². The van der Waals surface area contributed by atoms with Gasteiger partial charge in [-0.05, 0) is 36.2 Å². The fourth-order valence-electron chi connectivity index (χ4n) is 2.77. The summed E-state index contributed by atoms with van der Waals surface area (Å²) in [4.78, 5) is 19.6. The third kappa shape index (κ3) is 2.30. The maximum atomic E-state index is 12.4. The summed E-state index contributed by atoms with van der Waals surface area (Å²) >= 11 is 0. The Hall–Kier alpha value is -2.82. The Labute approximate surface area is 127 Å². The lowest BCUT2D eigenvalue weighted by atomic mass is 10.0. The van der Waals surface area contributed by atoms with Crippen LogP contribution in [0.3, 0.4) is 0 Å². The number of aromatic nitrogens is 2. The van der Waals surface area contributed by atoms with Crippen LogP contribution in [0.5, 0.6) is 5.75 Å². The molecular formula is C17H15N3O2. The zero-order chi connectivity index (χ0) is 14.9. The van der Waals surface area contributed by atoms with Crippen molar-refractivity contribution in [3.05, 3.63) is 59.9 Å². The molecule has 110 valence electrons. The minimum absolute atomic E-state index is 0.0140. The van der Waals surface area contributed by atoms with Gasteiger partial charge in [-0.1, -0.05) is 18.2 Å². The number of hydrogen-bond donors (Lipinski definition) is 2. The summed E-state index contributed by atoms with van der Waals surface area (Å²) in [6, 6.07) is 13.4. The van der Waals surface area contributed by atoms with E-state index < -0.39 is 0 Å². The molecule has 1 aromatic heterocycles. The van der Waals surface area contributed by atoms with Gasteiger partial charge in [0.05, 0.1) is 23.4 Å². The Balaban J connectivity index is 1.50. The van der Waals surface area contributed by atoms with Crippen LogP contribution in [0, 0.1) is 0 Å². The number of carbonyl (C=O) groups excluding carboxylic acids is 1. The minimum Gasteiger partial charge on any atom is -0.491 e. The molecule has 0 aliphatic carbocycles. The first kappa shape index (κ1) is 12.9. The molecule has 2 aromatic carbocycles. The van der Waals surface area contributed by atoms with Gasteiger partial charge in [0.1, 0.15) is 12.4 Å². The van der Waals surface area contributed by atoms with Crippen LogP contribution in [0.25, 0.3) is 11.0 Å². The first-order chi connectivity index (χ1) is 10.8. The lowest BCUT2D eigenvalue weighted by molar-refractivity contribution is 0.0915. The van der Waals surface area contributed by atoms with Gasteiger partial charge < -0.3 is 15.0 Å². The quantitative estimate of drug-likeness (QED) is 0.762. The Bertz CT molecular complexity index is 841. The number of rotatable bonds is 2. The Morgan fingerprint density at radius 1 is 1.27 bits per heavy atom. The van der Waals surface area contributed by atoms with Crippen molar-refractivity contribution >= 4 is 16.9 Å². The van der Waals surface area contributed by atoms with E-state index in [2.05, 4.69) is 15.3 Å². The van der Waals surface area contributed by atoms with E-state index in [4.69, 9.17) is 4.74 Å². The molecule has 5 nitrogen and oxygen atoms in total. The second-order valence-corrected chi connectivity index (χ2v) is 5.43. The lowest BCUT2D eigenvalue weighted by Crippen LogP contribution is -2.42. The number of benzene rings is 2. The number of imidazole rings is 1. The molecule has 0 saturated carbocycles. The predicted molar refractivity (Wildman–Crippen MR) is 83.0 cm³/mol. The molecule has 5 heteroatoms. The van der Waals surface area contributed by atoms with Crippen molar-refractivity contribution in [2.24, 2.45) is 0 Å². The molecule has 22 heavy (non-hydrogen) atoms. The minimum atomic E-state index is -0.0931. The van der Waals surface area contributed by atoms with Crippen molar-refractivity contribution in [2.75, 3.05) is 6.61 Å². The number of fused-ring (bicyclic) bond motifs is 2. The molecule has 1 atom stereocenters. The summed E-state index contributed by atoms with van der Waals surface area (Å²) in [7, 11) is 0. The zero-order valence-electron chi connectivity index (χ0n) is 11.9. The molecule has 1 amide bonds. The van der Waals surface area contributed by atoms with Gasteiger partial charge in [0.25, 0.3) is 5.91 Å². The number of hydrogen-bond acceptors (Lipinski definition) is 3. The van der Waals surface area contributed by atoms with Crippen molar-refractivity contribution < 1.29 is 9.53 Å². The van der Waals surface area contributed by atoms with E-state index in [9.17, 15) is 4.79 Å². The van der Waals surface area contributed by atoms with E-state index >= 15 is 0 Å². The molecule has 3 aromatic rings. The molecule has 0 bridgehead atoms. The molecule has 0 saturated heterocycles. The third-order valence-electron chi connectivity index (χ3n) is 3.90. The van der Waals surface area contributed by atoms with E-state index in [0.717, 1.165) is 28.8 Å². The van der Waals surface area contributed by atoms with Gasteiger partial charge in [-0.3, -0.25) is 4.79 Å². The number of aromatic amines is 1. The van der Waals surface area contributed by atoms with Crippen molar-refractivity contribution in [1.82, 2.24) is 15.3 Å². The monoisotopic (exact) mass is 293 g/mol. The van der Waals surface area contributed by atoms with Gasteiger partial charge in [-0.15, -0.1) is 0 Å². The standard InChI is InChI=1S/C17H15N3O2/c21-17(12-5-6-14-15(8-12)19-10-18-14)20-13-7-11-3-1-2-4-16(11)22-9-13/h1-6,8,10,13H,7,9H2,(H,18,19)(H,20,21). The van der Waals surface area contributed by atoms with Gasteiger partial charge in [0.2, 0.25) is 0 Å². The molecule has 0 radical (unpaired) electrons. The van der Waals surface area contributed by atoms with Crippen LogP contribution in [-0.2, 0) is 6.42 Å². The summed E-state index contributed by atoms with van der Waals surface area (Å²) in [6.45, 7) is 0.495. The topological polar surface area (TPSA) is 67.0 Å². The summed E-state index contributed by atoms with van der Waals surface area (Å²) in [6.07, 6.45) is 2.41. The number of nitrogens with zero attached hydrogens (tertiary/aromatic N) is 1. The number of ether oxygens (including phenoxy) is 1. The zero-order valence-corrected chi connectivity index (χ0v) is 11.9. The van der Waals surface area contributed by atoms with Crippen LogP contribution in [0.1, 0.15) is 15.9 Å². The van der Waals surface area contributed by atoms with Gasteiger partial charge in [-0.2, -0.15) is 0 Å². The SMILES string of the molecule is O=C(NC1COc2ccccc2C1)c1ccc2nc[nH]c2c1. The summed E-state index contributed by atoms with van der Waals surface area (Å²) in [5, 5.41) is 3.03. The molecular weight excluding hydrogens is 278 g/mol. The summed E-state index contributed by atoms with van der Waals surface area (Å²) in [5.74, 6) is 0.816. The number of para-hydroxylation sites is 1. The number of H-pyrrole nitrogens is 1. The van der Waals surface area contributed by atoms with Crippen LogP contribution >= 0.6 is 0 Å². The van der Waals surface area contributed by atoms with Crippen LogP contribution in [-0.4, -0.2) is 28.5 Å². The van der Waals surface area contributed by atoms with Gasteiger partial charge in [-0.25, -0.2) is 4.98 Å². The number of nitrogens with one attached hydrogen (secondary N) is 2. The van der Waals surface area contributed by atoms with Crippen molar-refractivity contribution in [3.63, 3.8) is 0 Å². The molecule has 0 spiro atoms. The molecule has 4 rings (SSSR count). The maximum Gasteiger partial charge on any atom is 0.251 e. The molecule has 0 fully saturated rings. The van der Waals surface area contributed by atoms with E-state index in [1.807, 2.05) is 36.4 Å². The molecule has 2 heterocycles. The molecule has 1 unspecified atom stereocenters. The Kier molecular flexibility index (Phi) is 3.04. The van der Waals surface area contributed by atoms with Crippen molar-refractivity contribution in [3.8, 4) is 5.75 Å². The first-order valence-electron chi connectivity index (χ1n) is 7.24. The van der Waals surface area contributed by atoms with E-state index in [1.54, 1.807) is 12.4 Å². The van der Waals surface area contributed by atoms with Crippen molar-refractivity contribution in [2.45, 2.75) is 12.5 Å². The fraction of sp³-hybridized carbons (Fsp3) is 0.176. The highest BCUT2D eigenvalue weighted by Crippen LogP contribution is 2.24. The van der Waals surface area contributed by atoms with Gasteiger partial charge in [0.15, 0.2) is 0 Å². The third-order valence-corrected chi connectivity index (χ3v) is 3.90. The highest BCUT2D eigenvalue weighted by molar-refractivity contribution is 5.97. The maximum absolute atomic E-state index is 12.4. The van der Waals surface area contributed by atoms with Crippen LogP contribution in [0.15, 0.2) is 48.8 Å². The largest absolute Gasteiger partial charge is 0.491 e. The van der Waals surface area contributed by atoms with Crippen LogP contribution < -0.4 is 10.1 Å². The Morgan fingerprint density at radius 3 is 3.14 bits per heavy atom. The average molecular weight is 293 g/mol. The summed E-state index contributed by atoms with van der Waals surface area (Å²) < 4.78 is 5.70.